The van der Waals surface area contributed by atoms with Crippen LogP contribution < -0.4 is 10.6 Å². The molecule has 4 heteroatoms. The van der Waals surface area contributed by atoms with Crippen molar-refractivity contribution in [2.75, 3.05) is 11.9 Å². The quantitative estimate of drug-likeness (QED) is 0.877. The first-order valence-corrected chi connectivity index (χ1v) is 6.65. The smallest absolute Gasteiger partial charge is 0.238 e. The molecule has 0 aliphatic carbocycles. The minimum Gasteiger partial charge on any atom is -0.325 e. The molecule has 0 saturated heterocycles. The Morgan fingerprint density at radius 1 is 1.15 bits per heavy atom. The Bertz CT molecular complexity index is 552. The minimum atomic E-state index is -0.0465. The molecule has 0 saturated carbocycles. The molecule has 0 aliphatic rings. The van der Waals surface area contributed by atoms with Gasteiger partial charge in [0, 0.05) is 24.1 Å². The Hall–Kier alpha value is -2.20. The summed E-state index contributed by atoms with van der Waals surface area (Å²) in [6.45, 7) is 4.31. The summed E-state index contributed by atoms with van der Waals surface area (Å²) in [4.78, 5) is 15.8. The molecule has 0 aliphatic heterocycles. The summed E-state index contributed by atoms with van der Waals surface area (Å²) in [6.07, 6.45) is 3.50. The maximum absolute atomic E-state index is 11.8. The van der Waals surface area contributed by atoms with E-state index in [1.54, 1.807) is 12.4 Å². The van der Waals surface area contributed by atoms with Crippen LogP contribution in [0.25, 0.3) is 0 Å². The van der Waals surface area contributed by atoms with E-state index in [2.05, 4.69) is 15.6 Å². The van der Waals surface area contributed by atoms with E-state index in [1.165, 1.54) is 5.56 Å². The first-order valence-electron chi connectivity index (χ1n) is 6.65. The third kappa shape index (κ3) is 4.17. The summed E-state index contributed by atoms with van der Waals surface area (Å²) in [5.41, 5.74) is 3.11. The molecule has 0 radical (unpaired) electrons. The zero-order chi connectivity index (χ0) is 14.4. The van der Waals surface area contributed by atoms with E-state index in [9.17, 15) is 4.79 Å². The zero-order valence-corrected chi connectivity index (χ0v) is 11.8. The van der Waals surface area contributed by atoms with Crippen molar-refractivity contribution in [1.29, 1.82) is 0 Å². The lowest BCUT2D eigenvalue weighted by Crippen LogP contribution is -2.30. The van der Waals surface area contributed by atoms with Crippen molar-refractivity contribution in [3.05, 3.63) is 59.9 Å². The van der Waals surface area contributed by atoms with E-state index in [-0.39, 0.29) is 18.5 Å². The van der Waals surface area contributed by atoms with Crippen LogP contribution in [-0.2, 0) is 4.79 Å². The number of benzene rings is 1. The van der Waals surface area contributed by atoms with Crippen LogP contribution in [-0.4, -0.2) is 17.4 Å². The number of nitrogens with one attached hydrogen (secondary N) is 2. The van der Waals surface area contributed by atoms with Gasteiger partial charge in [0.15, 0.2) is 0 Å². The number of aryl methyl sites for hydroxylation is 1. The van der Waals surface area contributed by atoms with Gasteiger partial charge in [-0.3, -0.25) is 9.78 Å². The molecule has 1 aromatic heterocycles. The number of carbonyl (C=O) groups excluding carboxylic acids is 1. The summed E-state index contributed by atoms with van der Waals surface area (Å²) in [5, 5.41) is 6.05. The molecule has 1 heterocycles. The highest BCUT2D eigenvalue weighted by Crippen LogP contribution is 2.10. The van der Waals surface area contributed by atoms with Gasteiger partial charge in [-0.25, -0.2) is 0 Å². The van der Waals surface area contributed by atoms with Crippen molar-refractivity contribution in [2.45, 2.75) is 19.9 Å². The molecule has 0 spiro atoms. The van der Waals surface area contributed by atoms with Crippen LogP contribution in [0.3, 0.4) is 0 Å². The monoisotopic (exact) mass is 269 g/mol. The van der Waals surface area contributed by atoms with Gasteiger partial charge < -0.3 is 10.6 Å². The second kappa shape index (κ2) is 6.82. The third-order valence-electron chi connectivity index (χ3n) is 3.11. The molecule has 104 valence electrons. The lowest BCUT2D eigenvalue weighted by molar-refractivity contribution is -0.115. The largest absolute Gasteiger partial charge is 0.325 e. The zero-order valence-electron chi connectivity index (χ0n) is 11.8. The van der Waals surface area contributed by atoms with Gasteiger partial charge in [-0.05, 0) is 43.7 Å². The van der Waals surface area contributed by atoms with Crippen molar-refractivity contribution in [3.8, 4) is 0 Å². The van der Waals surface area contributed by atoms with Gasteiger partial charge in [0.25, 0.3) is 0 Å². The molecule has 1 amide bonds. The van der Waals surface area contributed by atoms with Gasteiger partial charge in [-0.2, -0.15) is 0 Å². The summed E-state index contributed by atoms with van der Waals surface area (Å²) < 4.78 is 0. The van der Waals surface area contributed by atoms with E-state index in [4.69, 9.17) is 0 Å². The number of anilines is 1. The number of amides is 1. The number of nitrogens with zero attached hydrogens (tertiary/aromatic N) is 1. The fourth-order valence-corrected chi connectivity index (χ4v) is 1.86. The highest BCUT2D eigenvalue weighted by atomic mass is 16.1. The Balaban J connectivity index is 1.82. The second-order valence-electron chi connectivity index (χ2n) is 4.80. The molecule has 1 aromatic carbocycles. The molecule has 2 N–H and O–H groups in total. The van der Waals surface area contributed by atoms with Crippen molar-refractivity contribution in [2.24, 2.45) is 0 Å². The van der Waals surface area contributed by atoms with Crippen LogP contribution in [0.15, 0.2) is 48.8 Å². The first-order chi connectivity index (χ1) is 9.65. The number of hydrogen-bond donors (Lipinski definition) is 2. The van der Waals surface area contributed by atoms with Crippen LogP contribution in [0.5, 0.6) is 0 Å². The van der Waals surface area contributed by atoms with E-state index in [0.29, 0.717) is 0 Å². The van der Waals surface area contributed by atoms with Crippen molar-refractivity contribution >= 4 is 11.6 Å². The normalized spacial score (nSPS) is 11.9. The SMILES string of the molecule is Cc1ccc(NC(=O)CNC(C)c2ccncc2)cc1. The Morgan fingerprint density at radius 2 is 1.80 bits per heavy atom. The van der Waals surface area contributed by atoms with E-state index in [1.807, 2.05) is 50.2 Å². The number of carbonyl (C=O) groups is 1. The van der Waals surface area contributed by atoms with Crippen molar-refractivity contribution < 1.29 is 4.79 Å². The van der Waals surface area contributed by atoms with Crippen LogP contribution in [0, 0.1) is 6.92 Å². The summed E-state index contributed by atoms with van der Waals surface area (Å²) in [6, 6.07) is 11.7. The fourth-order valence-electron chi connectivity index (χ4n) is 1.86. The lowest BCUT2D eigenvalue weighted by atomic mass is 10.1. The van der Waals surface area contributed by atoms with Crippen molar-refractivity contribution in [1.82, 2.24) is 10.3 Å². The fraction of sp³-hybridized carbons (Fsp3) is 0.250. The number of rotatable bonds is 5. The second-order valence-corrected chi connectivity index (χ2v) is 4.80. The summed E-state index contributed by atoms with van der Waals surface area (Å²) in [7, 11) is 0. The molecule has 2 rings (SSSR count). The Kier molecular flexibility index (Phi) is 4.85. The molecule has 20 heavy (non-hydrogen) atoms. The first kappa shape index (κ1) is 14.2. The molecular weight excluding hydrogens is 250 g/mol. The topological polar surface area (TPSA) is 54.0 Å². The molecule has 1 unspecified atom stereocenters. The number of pyridine rings is 1. The lowest BCUT2D eigenvalue weighted by Gasteiger charge is -2.13. The highest BCUT2D eigenvalue weighted by molar-refractivity contribution is 5.92. The number of hydrogen-bond acceptors (Lipinski definition) is 3. The molecule has 1 atom stereocenters. The van der Waals surface area contributed by atoms with Gasteiger partial charge in [0.2, 0.25) is 5.91 Å². The van der Waals surface area contributed by atoms with Crippen LogP contribution in [0.2, 0.25) is 0 Å². The van der Waals surface area contributed by atoms with Gasteiger partial charge in [-0.15, -0.1) is 0 Å². The van der Waals surface area contributed by atoms with Gasteiger partial charge in [0.1, 0.15) is 0 Å². The molecule has 2 aromatic rings. The minimum absolute atomic E-state index is 0.0465. The van der Waals surface area contributed by atoms with Gasteiger partial charge >= 0.3 is 0 Å². The summed E-state index contributed by atoms with van der Waals surface area (Å²) in [5.74, 6) is -0.0465. The van der Waals surface area contributed by atoms with Crippen molar-refractivity contribution in [3.63, 3.8) is 0 Å². The molecular formula is C16H19N3O. The Labute approximate surface area is 119 Å². The van der Waals surface area contributed by atoms with Crippen LogP contribution in [0.4, 0.5) is 5.69 Å². The predicted molar refractivity (Wildman–Crippen MR) is 80.5 cm³/mol. The summed E-state index contributed by atoms with van der Waals surface area (Å²) >= 11 is 0. The highest BCUT2D eigenvalue weighted by Gasteiger charge is 2.07. The number of aromatic nitrogens is 1. The van der Waals surface area contributed by atoms with Crippen LogP contribution in [0.1, 0.15) is 24.1 Å². The average Bonchev–Trinajstić information content (AvgIpc) is 2.48. The molecule has 4 nitrogen and oxygen atoms in total. The third-order valence-corrected chi connectivity index (χ3v) is 3.11. The molecule has 0 bridgehead atoms. The van der Waals surface area contributed by atoms with Crippen LogP contribution >= 0.6 is 0 Å². The molecule has 0 fully saturated rings. The van der Waals surface area contributed by atoms with E-state index < -0.39 is 0 Å². The maximum atomic E-state index is 11.8. The van der Waals surface area contributed by atoms with Gasteiger partial charge in [0.05, 0.1) is 6.54 Å². The standard InChI is InChI=1S/C16H19N3O/c1-12-3-5-15(6-4-12)19-16(20)11-18-13(2)14-7-9-17-10-8-14/h3-10,13,18H,11H2,1-2H3,(H,19,20). The van der Waals surface area contributed by atoms with E-state index in [0.717, 1.165) is 11.3 Å². The Morgan fingerprint density at radius 3 is 2.45 bits per heavy atom. The maximum Gasteiger partial charge on any atom is 0.238 e. The van der Waals surface area contributed by atoms with E-state index >= 15 is 0 Å². The van der Waals surface area contributed by atoms with Gasteiger partial charge in [-0.1, -0.05) is 17.7 Å². The average molecular weight is 269 g/mol. The predicted octanol–water partition coefficient (Wildman–Crippen LogP) is 2.68.